The molecule has 0 unspecified atom stereocenters. The van der Waals surface area contributed by atoms with Crippen LogP contribution in [0.5, 0.6) is 0 Å². The van der Waals surface area contributed by atoms with Crippen molar-refractivity contribution >= 4 is 49.4 Å². The Morgan fingerprint density at radius 3 is 2.02 bits per heavy atom. The summed E-state index contributed by atoms with van der Waals surface area (Å²) in [6.45, 7) is 0. The van der Waals surface area contributed by atoms with E-state index in [1.807, 2.05) is 12.1 Å². The van der Waals surface area contributed by atoms with Crippen LogP contribution in [0.1, 0.15) is 17.7 Å². The molecule has 7 aromatic carbocycles. The summed E-state index contributed by atoms with van der Waals surface area (Å²) in [6, 6.07) is 49.2. The van der Waals surface area contributed by atoms with Crippen molar-refractivity contribution in [3.05, 3.63) is 157 Å². The molecule has 0 atom stereocenters. The zero-order valence-corrected chi connectivity index (χ0v) is 26.6. The highest BCUT2D eigenvalue weighted by molar-refractivity contribution is 6.08. The molecule has 0 amide bonds. The Labute approximate surface area is 283 Å². The highest BCUT2D eigenvalue weighted by Gasteiger charge is 2.21. The van der Waals surface area contributed by atoms with Crippen molar-refractivity contribution in [1.29, 1.82) is 0 Å². The lowest BCUT2D eigenvalue weighted by molar-refractivity contribution is 0.595. The zero-order chi connectivity index (χ0) is 32.3. The van der Waals surface area contributed by atoms with E-state index in [2.05, 4.69) is 140 Å². The Morgan fingerprint density at radius 2 is 1.12 bits per heavy atom. The van der Waals surface area contributed by atoms with Gasteiger partial charge in [-0.2, -0.15) is 0 Å². The van der Waals surface area contributed by atoms with Crippen LogP contribution in [0.15, 0.2) is 150 Å². The van der Waals surface area contributed by atoms with Gasteiger partial charge >= 0.3 is 0 Å². The number of fused-ring (bicyclic) bond motifs is 7. The summed E-state index contributed by atoms with van der Waals surface area (Å²) >= 11 is 0. The number of allylic oxidation sites excluding steroid dienone is 1. The first-order chi connectivity index (χ1) is 24.2. The standard InChI is InChI=1S/C45H29N3O/c1-2-11-31-25-35(24-19-28(31)9-1)44-46-43(47-45(48-44)38-16-8-18-41-42(38)37-15-5-6-17-40(37)49-41)34-13-7-12-32(26-34)33-23-22-30-21-20-29-10-3-4-14-36(29)39(30)27-33/h1-4,6-14,16-27H,5,15H2. The van der Waals surface area contributed by atoms with Crippen LogP contribution in [-0.2, 0) is 6.42 Å². The van der Waals surface area contributed by atoms with E-state index in [1.54, 1.807) is 0 Å². The molecule has 0 N–H and O–H groups in total. The van der Waals surface area contributed by atoms with Gasteiger partial charge in [-0.25, -0.2) is 15.0 Å². The highest BCUT2D eigenvalue weighted by atomic mass is 16.3. The Hall–Kier alpha value is -6.39. The highest BCUT2D eigenvalue weighted by Crippen LogP contribution is 2.38. The van der Waals surface area contributed by atoms with Crippen LogP contribution in [-0.4, -0.2) is 15.0 Å². The normalized spacial score (nSPS) is 12.7. The van der Waals surface area contributed by atoms with Crippen molar-refractivity contribution in [2.24, 2.45) is 0 Å². The SMILES string of the molecule is C1=Cc2oc3cccc(-c4nc(-c5cccc(-c6ccc7ccc8ccccc8c7c6)c5)nc(-c5ccc6ccccc6c5)n4)c3c2CC1. The van der Waals surface area contributed by atoms with Crippen LogP contribution >= 0.6 is 0 Å². The fourth-order valence-corrected chi connectivity index (χ4v) is 7.32. The Kier molecular flexibility index (Phi) is 6.28. The maximum absolute atomic E-state index is 6.29. The molecule has 0 aliphatic heterocycles. The molecule has 4 nitrogen and oxygen atoms in total. The smallest absolute Gasteiger partial charge is 0.164 e. The molecule has 9 aromatic rings. The molecule has 230 valence electrons. The van der Waals surface area contributed by atoms with Crippen molar-refractivity contribution in [3.63, 3.8) is 0 Å². The van der Waals surface area contributed by atoms with Crippen LogP contribution in [0.2, 0.25) is 0 Å². The van der Waals surface area contributed by atoms with E-state index < -0.39 is 0 Å². The first-order valence-electron chi connectivity index (χ1n) is 16.7. The Morgan fingerprint density at radius 1 is 0.469 bits per heavy atom. The lowest BCUT2D eigenvalue weighted by atomic mass is 9.96. The second-order valence-electron chi connectivity index (χ2n) is 12.7. The zero-order valence-electron chi connectivity index (χ0n) is 26.6. The predicted octanol–water partition coefficient (Wildman–Crippen LogP) is 11.7. The maximum Gasteiger partial charge on any atom is 0.164 e. The van der Waals surface area contributed by atoms with Crippen LogP contribution in [0.4, 0.5) is 0 Å². The van der Waals surface area contributed by atoms with Crippen molar-refractivity contribution in [1.82, 2.24) is 15.0 Å². The second kappa shape index (κ2) is 11.1. The summed E-state index contributed by atoms with van der Waals surface area (Å²) < 4.78 is 6.29. The van der Waals surface area contributed by atoms with Gasteiger partial charge in [0.1, 0.15) is 11.3 Å². The summed E-state index contributed by atoms with van der Waals surface area (Å²) in [6.07, 6.45) is 6.17. The van der Waals surface area contributed by atoms with Crippen LogP contribution in [0, 0.1) is 0 Å². The number of benzene rings is 7. The molecule has 2 heterocycles. The first-order valence-corrected chi connectivity index (χ1v) is 16.7. The third-order valence-electron chi connectivity index (χ3n) is 9.76. The van der Waals surface area contributed by atoms with Crippen molar-refractivity contribution < 1.29 is 4.42 Å². The molecule has 0 saturated carbocycles. The maximum atomic E-state index is 6.29. The minimum Gasteiger partial charge on any atom is -0.456 e. The molecular weight excluding hydrogens is 599 g/mol. The lowest BCUT2D eigenvalue weighted by Gasteiger charge is -2.12. The summed E-state index contributed by atoms with van der Waals surface area (Å²) in [5.41, 5.74) is 7.18. The van der Waals surface area contributed by atoms with E-state index in [-0.39, 0.29) is 0 Å². The molecule has 4 heteroatoms. The van der Waals surface area contributed by atoms with Gasteiger partial charge in [0.25, 0.3) is 0 Å². The summed E-state index contributed by atoms with van der Waals surface area (Å²) in [7, 11) is 0. The molecule has 49 heavy (non-hydrogen) atoms. The predicted molar refractivity (Wildman–Crippen MR) is 201 cm³/mol. The number of aryl methyl sites for hydroxylation is 1. The Balaban J connectivity index is 1.16. The number of hydrogen-bond donors (Lipinski definition) is 0. The largest absolute Gasteiger partial charge is 0.456 e. The third kappa shape index (κ3) is 4.72. The van der Waals surface area contributed by atoms with Gasteiger partial charge in [-0.3, -0.25) is 0 Å². The summed E-state index contributed by atoms with van der Waals surface area (Å²) in [5, 5.41) is 8.38. The minimum absolute atomic E-state index is 0.635. The number of hydrogen-bond acceptors (Lipinski definition) is 4. The number of nitrogens with zero attached hydrogens (tertiary/aromatic N) is 3. The summed E-state index contributed by atoms with van der Waals surface area (Å²) in [4.78, 5) is 15.5. The number of aromatic nitrogens is 3. The van der Waals surface area contributed by atoms with E-state index in [1.165, 1.54) is 32.5 Å². The molecule has 0 fully saturated rings. The molecular formula is C45H29N3O. The minimum atomic E-state index is 0.635. The lowest BCUT2D eigenvalue weighted by Crippen LogP contribution is -2.01. The van der Waals surface area contributed by atoms with E-state index in [0.717, 1.165) is 62.8 Å². The van der Waals surface area contributed by atoms with Gasteiger partial charge in [0.15, 0.2) is 17.5 Å². The average molecular weight is 628 g/mol. The van der Waals surface area contributed by atoms with Gasteiger partial charge < -0.3 is 4.42 Å². The molecule has 2 aromatic heterocycles. The van der Waals surface area contributed by atoms with Gasteiger partial charge in [0.2, 0.25) is 0 Å². The second-order valence-corrected chi connectivity index (χ2v) is 12.7. The van der Waals surface area contributed by atoms with Crippen molar-refractivity contribution in [2.45, 2.75) is 12.8 Å². The van der Waals surface area contributed by atoms with Gasteiger partial charge in [0.05, 0.1) is 0 Å². The van der Waals surface area contributed by atoms with Crippen LogP contribution < -0.4 is 0 Å². The molecule has 0 radical (unpaired) electrons. The fraction of sp³-hybridized carbons (Fsp3) is 0.0444. The average Bonchev–Trinajstić information content (AvgIpc) is 3.56. The molecule has 1 aliphatic rings. The van der Waals surface area contributed by atoms with E-state index in [0.29, 0.717) is 17.5 Å². The monoisotopic (exact) mass is 627 g/mol. The van der Waals surface area contributed by atoms with E-state index in [9.17, 15) is 0 Å². The number of furan rings is 1. The topological polar surface area (TPSA) is 51.8 Å². The van der Waals surface area contributed by atoms with E-state index >= 15 is 0 Å². The van der Waals surface area contributed by atoms with Gasteiger partial charge in [-0.05, 0) is 86.6 Å². The van der Waals surface area contributed by atoms with Crippen molar-refractivity contribution in [2.75, 3.05) is 0 Å². The summed E-state index contributed by atoms with van der Waals surface area (Å²) in [5.74, 6) is 2.84. The molecule has 0 bridgehead atoms. The molecule has 1 aliphatic carbocycles. The Bertz CT molecular complexity index is 2790. The molecule has 0 saturated heterocycles. The molecule has 0 spiro atoms. The number of rotatable bonds is 4. The van der Waals surface area contributed by atoms with Crippen LogP contribution in [0.25, 0.3) is 94.7 Å². The van der Waals surface area contributed by atoms with E-state index in [4.69, 9.17) is 19.4 Å². The third-order valence-corrected chi connectivity index (χ3v) is 9.76. The van der Waals surface area contributed by atoms with Gasteiger partial charge in [-0.15, -0.1) is 0 Å². The quantitative estimate of drug-likeness (QED) is 0.182. The van der Waals surface area contributed by atoms with Crippen molar-refractivity contribution in [3.8, 4) is 45.3 Å². The van der Waals surface area contributed by atoms with Gasteiger partial charge in [-0.1, -0.05) is 121 Å². The first kappa shape index (κ1) is 27.7. The fourth-order valence-electron chi connectivity index (χ4n) is 7.32. The van der Waals surface area contributed by atoms with Crippen LogP contribution in [0.3, 0.4) is 0 Å². The van der Waals surface area contributed by atoms with Gasteiger partial charge in [0, 0.05) is 27.6 Å². The molecule has 10 rings (SSSR count).